The monoisotopic (exact) mass is 223 g/mol. The molecule has 0 atom stereocenters. The molecule has 3 N–H and O–H groups in total. The molecule has 1 aromatic carbocycles. The van der Waals surface area contributed by atoms with Gasteiger partial charge in [0.25, 0.3) is 0 Å². The topological polar surface area (TPSA) is 46.2 Å². The van der Waals surface area contributed by atoms with Crippen molar-refractivity contribution in [2.45, 2.75) is 30.6 Å². The fourth-order valence-electron chi connectivity index (χ4n) is 2.20. The van der Waals surface area contributed by atoms with Crippen LogP contribution in [0.3, 0.4) is 0 Å². The Labute approximate surface area is 95.9 Å². The Morgan fingerprint density at radius 2 is 2.13 bits per heavy atom. The van der Waals surface area contributed by atoms with E-state index in [1.54, 1.807) is 0 Å². The van der Waals surface area contributed by atoms with E-state index < -0.39 is 0 Å². The number of thiol groups is 1. The largest absolute Gasteiger partial charge is 0.398 e. The van der Waals surface area contributed by atoms with Gasteiger partial charge in [-0.2, -0.15) is 0 Å². The van der Waals surface area contributed by atoms with Crippen LogP contribution in [0, 0.1) is 5.41 Å². The summed E-state index contributed by atoms with van der Waals surface area (Å²) in [6.45, 7) is 0.291. The van der Waals surface area contributed by atoms with E-state index in [0.29, 0.717) is 12.3 Å². The Hall–Kier alpha value is -0.670. The van der Waals surface area contributed by atoms with Gasteiger partial charge in [-0.05, 0) is 42.4 Å². The molecule has 1 fully saturated rings. The summed E-state index contributed by atoms with van der Waals surface area (Å²) in [5.74, 6) is 0. The van der Waals surface area contributed by atoms with E-state index in [4.69, 9.17) is 5.73 Å². The Bertz CT molecular complexity index is 355. The van der Waals surface area contributed by atoms with Gasteiger partial charge in [0.05, 0.1) is 0 Å². The number of hydrogen-bond acceptors (Lipinski definition) is 3. The van der Waals surface area contributed by atoms with Gasteiger partial charge in [0.15, 0.2) is 0 Å². The van der Waals surface area contributed by atoms with Crippen LogP contribution in [0.4, 0.5) is 5.69 Å². The van der Waals surface area contributed by atoms with Crippen LogP contribution in [0.2, 0.25) is 0 Å². The number of anilines is 1. The number of nitrogen functional groups attached to an aromatic ring is 1. The summed E-state index contributed by atoms with van der Waals surface area (Å²) in [5, 5.41) is 9.38. The van der Waals surface area contributed by atoms with Crippen molar-refractivity contribution in [3.05, 3.63) is 23.8 Å². The molecule has 0 radical (unpaired) electrons. The van der Waals surface area contributed by atoms with Gasteiger partial charge in [-0.15, -0.1) is 12.6 Å². The van der Waals surface area contributed by atoms with Crippen molar-refractivity contribution >= 4 is 18.3 Å². The minimum absolute atomic E-state index is 0.135. The molecule has 1 aliphatic carbocycles. The maximum atomic E-state index is 9.38. The second kappa shape index (κ2) is 4.06. The van der Waals surface area contributed by atoms with E-state index in [9.17, 15) is 5.11 Å². The van der Waals surface area contributed by atoms with E-state index in [1.165, 1.54) is 12.0 Å². The Morgan fingerprint density at radius 3 is 2.60 bits per heavy atom. The number of aliphatic hydroxyl groups is 1. The first-order chi connectivity index (χ1) is 7.15. The molecule has 15 heavy (non-hydrogen) atoms. The number of hydrogen-bond donors (Lipinski definition) is 3. The van der Waals surface area contributed by atoms with Gasteiger partial charge in [0.2, 0.25) is 0 Å². The van der Waals surface area contributed by atoms with Crippen molar-refractivity contribution in [2.24, 2.45) is 5.41 Å². The highest BCUT2D eigenvalue weighted by Gasteiger charge is 2.36. The molecule has 0 unspecified atom stereocenters. The highest BCUT2D eigenvalue weighted by atomic mass is 32.1. The third-order valence-electron chi connectivity index (χ3n) is 3.42. The summed E-state index contributed by atoms with van der Waals surface area (Å²) >= 11 is 4.31. The molecule has 1 aromatic rings. The highest BCUT2D eigenvalue weighted by molar-refractivity contribution is 7.80. The first-order valence-electron chi connectivity index (χ1n) is 5.33. The first kappa shape index (κ1) is 10.8. The molecule has 2 rings (SSSR count). The molecule has 3 heteroatoms. The van der Waals surface area contributed by atoms with Crippen molar-refractivity contribution in [3.8, 4) is 0 Å². The third-order valence-corrected chi connectivity index (χ3v) is 3.81. The second-order valence-electron chi connectivity index (χ2n) is 4.58. The Kier molecular flexibility index (Phi) is 2.94. The number of rotatable bonds is 3. The van der Waals surface area contributed by atoms with Crippen LogP contribution >= 0.6 is 12.6 Å². The fraction of sp³-hybridized carbons (Fsp3) is 0.500. The third kappa shape index (κ3) is 2.13. The SMILES string of the molecule is Nc1ccc(CC2(CO)CCC2)cc1S. The molecule has 1 saturated carbocycles. The molecule has 0 amide bonds. The van der Waals surface area contributed by atoms with Crippen LogP contribution in [0.5, 0.6) is 0 Å². The second-order valence-corrected chi connectivity index (χ2v) is 5.06. The maximum absolute atomic E-state index is 9.38. The Balaban J connectivity index is 2.13. The summed E-state index contributed by atoms with van der Waals surface area (Å²) in [6.07, 6.45) is 4.45. The average molecular weight is 223 g/mol. The van der Waals surface area contributed by atoms with Crippen LogP contribution in [0.15, 0.2) is 23.1 Å². The molecule has 1 aliphatic rings. The number of nitrogens with two attached hydrogens (primary N) is 1. The van der Waals surface area contributed by atoms with E-state index in [1.807, 2.05) is 18.2 Å². The summed E-state index contributed by atoms with van der Waals surface area (Å²) in [5.41, 5.74) is 7.78. The zero-order valence-corrected chi connectivity index (χ0v) is 9.63. The lowest BCUT2D eigenvalue weighted by molar-refractivity contribution is 0.0450. The maximum Gasteiger partial charge on any atom is 0.0490 e. The summed E-state index contributed by atoms with van der Waals surface area (Å²) < 4.78 is 0. The van der Waals surface area contributed by atoms with Crippen molar-refractivity contribution in [2.75, 3.05) is 12.3 Å². The zero-order chi connectivity index (χ0) is 10.9. The minimum Gasteiger partial charge on any atom is -0.398 e. The van der Waals surface area contributed by atoms with Gasteiger partial charge in [0.1, 0.15) is 0 Å². The molecule has 0 spiro atoms. The fourth-order valence-corrected chi connectivity index (χ4v) is 2.44. The van der Waals surface area contributed by atoms with Gasteiger partial charge in [-0.25, -0.2) is 0 Å². The summed E-state index contributed by atoms with van der Waals surface area (Å²) in [6, 6.07) is 5.93. The van der Waals surface area contributed by atoms with Gasteiger partial charge in [-0.1, -0.05) is 12.5 Å². The van der Waals surface area contributed by atoms with Crippen molar-refractivity contribution < 1.29 is 5.11 Å². The minimum atomic E-state index is 0.135. The van der Waals surface area contributed by atoms with Crippen LogP contribution in [-0.2, 0) is 6.42 Å². The lowest BCUT2D eigenvalue weighted by Crippen LogP contribution is -2.35. The van der Waals surface area contributed by atoms with Crippen molar-refractivity contribution in [1.29, 1.82) is 0 Å². The predicted octanol–water partition coefficient (Wildman–Crippen LogP) is 2.26. The Morgan fingerprint density at radius 1 is 1.40 bits per heavy atom. The van der Waals surface area contributed by atoms with Crippen LogP contribution in [0.1, 0.15) is 24.8 Å². The van der Waals surface area contributed by atoms with Gasteiger partial charge < -0.3 is 10.8 Å². The predicted molar refractivity (Wildman–Crippen MR) is 65.2 cm³/mol. The van der Waals surface area contributed by atoms with Crippen LogP contribution < -0.4 is 5.73 Å². The van der Waals surface area contributed by atoms with Gasteiger partial charge in [-0.3, -0.25) is 0 Å². The number of benzene rings is 1. The molecular weight excluding hydrogens is 206 g/mol. The molecular formula is C12H17NOS. The van der Waals surface area contributed by atoms with Gasteiger partial charge in [0, 0.05) is 17.2 Å². The van der Waals surface area contributed by atoms with Crippen molar-refractivity contribution in [3.63, 3.8) is 0 Å². The zero-order valence-electron chi connectivity index (χ0n) is 8.74. The average Bonchev–Trinajstić information content (AvgIpc) is 2.17. The van der Waals surface area contributed by atoms with Crippen LogP contribution in [0.25, 0.3) is 0 Å². The molecule has 82 valence electrons. The standard InChI is InChI=1S/C12H17NOS/c13-10-3-2-9(6-11(10)15)7-12(8-14)4-1-5-12/h2-3,6,14-15H,1,4-5,7-8,13H2. The van der Waals surface area contributed by atoms with Crippen LogP contribution in [-0.4, -0.2) is 11.7 Å². The van der Waals surface area contributed by atoms with Crippen molar-refractivity contribution in [1.82, 2.24) is 0 Å². The smallest absolute Gasteiger partial charge is 0.0490 e. The van der Waals surface area contributed by atoms with E-state index in [2.05, 4.69) is 12.6 Å². The normalized spacial score (nSPS) is 18.5. The molecule has 0 aromatic heterocycles. The number of aliphatic hydroxyl groups excluding tert-OH is 1. The highest BCUT2D eigenvalue weighted by Crippen LogP contribution is 2.43. The lowest BCUT2D eigenvalue weighted by atomic mass is 9.66. The van der Waals surface area contributed by atoms with E-state index in [-0.39, 0.29) is 5.41 Å². The molecule has 0 aliphatic heterocycles. The summed E-state index contributed by atoms with van der Waals surface area (Å²) in [7, 11) is 0. The van der Waals surface area contributed by atoms with E-state index >= 15 is 0 Å². The van der Waals surface area contributed by atoms with E-state index in [0.717, 1.165) is 24.2 Å². The van der Waals surface area contributed by atoms with Gasteiger partial charge >= 0.3 is 0 Å². The summed E-state index contributed by atoms with van der Waals surface area (Å²) in [4.78, 5) is 0.833. The molecule has 0 saturated heterocycles. The molecule has 0 bridgehead atoms. The first-order valence-corrected chi connectivity index (χ1v) is 5.78. The molecule has 0 heterocycles. The quantitative estimate of drug-likeness (QED) is 0.544. The molecule has 2 nitrogen and oxygen atoms in total. The lowest BCUT2D eigenvalue weighted by Gasteiger charge is -2.40.